The smallest absolute Gasteiger partial charge is 0.370 e. The second-order valence-electron chi connectivity index (χ2n) is 3.65. The topological polar surface area (TPSA) is 81.2 Å². The van der Waals surface area contributed by atoms with Crippen molar-refractivity contribution in [2.24, 2.45) is 5.73 Å². The van der Waals surface area contributed by atoms with Gasteiger partial charge in [0.05, 0.1) is 11.1 Å². The van der Waals surface area contributed by atoms with E-state index in [9.17, 15) is 23.3 Å². The second-order valence-corrected chi connectivity index (χ2v) is 3.65. The third-order valence-corrected chi connectivity index (χ3v) is 2.29. The largest absolute Gasteiger partial charge is 0.423 e. The summed E-state index contributed by atoms with van der Waals surface area (Å²) in [6.45, 7) is 1.76. The molecule has 0 aromatic heterocycles. The van der Waals surface area contributed by atoms with Crippen molar-refractivity contribution in [1.29, 1.82) is 0 Å². The zero-order valence-electron chi connectivity index (χ0n) is 9.49. The van der Waals surface area contributed by atoms with Crippen LogP contribution in [0.5, 0.6) is 0 Å². The first kappa shape index (κ1) is 14.2. The Bertz CT molecular complexity index is 448. The molecule has 0 fully saturated rings. The van der Waals surface area contributed by atoms with Gasteiger partial charge in [-0.25, -0.2) is 0 Å². The summed E-state index contributed by atoms with van der Waals surface area (Å²) < 4.78 is 37.9. The minimum Gasteiger partial charge on any atom is -0.370 e. The maximum Gasteiger partial charge on any atom is 0.423 e. The molecule has 8 heteroatoms. The van der Waals surface area contributed by atoms with Crippen molar-refractivity contribution < 1.29 is 18.1 Å². The van der Waals surface area contributed by atoms with Gasteiger partial charge in [0.2, 0.25) is 0 Å². The number of anilines is 1. The van der Waals surface area contributed by atoms with Gasteiger partial charge in [-0.3, -0.25) is 10.1 Å². The minimum atomic E-state index is -4.78. The first-order valence-corrected chi connectivity index (χ1v) is 5.13. The summed E-state index contributed by atoms with van der Waals surface area (Å²) in [5.41, 5.74) is 3.37. The van der Waals surface area contributed by atoms with Gasteiger partial charge in [-0.1, -0.05) is 6.92 Å². The zero-order valence-corrected chi connectivity index (χ0v) is 9.49. The lowest BCUT2D eigenvalue weighted by Crippen LogP contribution is -2.28. The monoisotopic (exact) mass is 263 g/mol. The SMILES string of the molecule is CCC(N)Nc1ccc([N+](=O)[O-])c(C(F)(F)F)c1. The van der Waals surface area contributed by atoms with Crippen LogP contribution in [0.25, 0.3) is 0 Å². The molecule has 18 heavy (non-hydrogen) atoms. The molecule has 0 amide bonds. The van der Waals surface area contributed by atoms with Crippen molar-refractivity contribution in [2.75, 3.05) is 5.32 Å². The lowest BCUT2D eigenvalue weighted by molar-refractivity contribution is -0.388. The first-order chi connectivity index (χ1) is 8.25. The lowest BCUT2D eigenvalue weighted by Gasteiger charge is -2.15. The van der Waals surface area contributed by atoms with Crippen LogP contribution >= 0.6 is 0 Å². The Labute approximate surface area is 101 Å². The van der Waals surface area contributed by atoms with E-state index in [2.05, 4.69) is 5.32 Å². The third kappa shape index (κ3) is 3.33. The number of halogens is 3. The molecular formula is C10H12F3N3O2. The molecular weight excluding hydrogens is 251 g/mol. The summed E-state index contributed by atoms with van der Waals surface area (Å²) in [5, 5.41) is 13.1. The van der Waals surface area contributed by atoms with Gasteiger partial charge in [-0.2, -0.15) is 13.2 Å². The predicted molar refractivity (Wildman–Crippen MR) is 60.0 cm³/mol. The summed E-state index contributed by atoms with van der Waals surface area (Å²) in [6.07, 6.45) is -4.78. The van der Waals surface area contributed by atoms with Crippen molar-refractivity contribution >= 4 is 11.4 Å². The highest BCUT2D eigenvalue weighted by molar-refractivity contribution is 5.55. The van der Waals surface area contributed by atoms with E-state index in [1.807, 2.05) is 0 Å². The highest BCUT2D eigenvalue weighted by Crippen LogP contribution is 2.37. The van der Waals surface area contributed by atoms with Crippen LogP contribution in [0.1, 0.15) is 18.9 Å². The van der Waals surface area contributed by atoms with Crippen LogP contribution in [0.2, 0.25) is 0 Å². The molecule has 1 aromatic rings. The van der Waals surface area contributed by atoms with E-state index in [-0.39, 0.29) is 5.69 Å². The summed E-state index contributed by atoms with van der Waals surface area (Å²) in [6, 6.07) is 2.70. The Hall–Kier alpha value is -1.83. The normalized spacial score (nSPS) is 13.2. The van der Waals surface area contributed by atoms with Gasteiger partial charge in [-0.05, 0) is 18.6 Å². The molecule has 1 unspecified atom stereocenters. The number of nitrogens with zero attached hydrogens (tertiary/aromatic N) is 1. The molecule has 1 atom stereocenters. The van der Waals surface area contributed by atoms with Gasteiger partial charge < -0.3 is 11.1 Å². The number of hydrogen-bond donors (Lipinski definition) is 2. The van der Waals surface area contributed by atoms with Gasteiger partial charge in [0.25, 0.3) is 5.69 Å². The molecule has 0 heterocycles. The Kier molecular flexibility index (Phi) is 4.12. The quantitative estimate of drug-likeness (QED) is 0.497. The molecule has 0 bridgehead atoms. The number of nitro groups is 1. The molecule has 0 spiro atoms. The Morgan fingerprint density at radius 1 is 1.50 bits per heavy atom. The number of hydrogen-bond acceptors (Lipinski definition) is 4. The molecule has 3 N–H and O–H groups in total. The fraction of sp³-hybridized carbons (Fsp3) is 0.400. The number of nitrogens with one attached hydrogen (secondary N) is 1. The average Bonchev–Trinajstić information content (AvgIpc) is 2.27. The van der Waals surface area contributed by atoms with Gasteiger partial charge in [0.1, 0.15) is 5.56 Å². The molecule has 0 aliphatic heterocycles. The van der Waals surface area contributed by atoms with Crippen LogP contribution in [0, 0.1) is 10.1 Å². The van der Waals surface area contributed by atoms with Crippen LogP contribution in [0.4, 0.5) is 24.5 Å². The van der Waals surface area contributed by atoms with E-state index in [0.717, 1.165) is 6.07 Å². The van der Waals surface area contributed by atoms with Crippen molar-refractivity contribution in [3.63, 3.8) is 0 Å². The van der Waals surface area contributed by atoms with Crippen LogP contribution in [-0.2, 0) is 6.18 Å². The van der Waals surface area contributed by atoms with E-state index in [4.69, 9.17) is 5.73 Å². The molecule has 100 valence electrons. The van der Waals surface area contributed by atoms with Crippen molar-refractivity contribution in [1.82, 2.24) is 0 Å². The second kappa shape index (κ2) is 5.21. The Morgan fingerprint density at radius 3 is 2.56 bits per heavy atom. The Balaban J connectivity index is 3.18. The zero-order chi connectivity index (χ0) is 13.9. The van der Waals surface area contributed by atoms with Crippen molar-refractivity contribution in [3.05, 3.63) is 33.9 Å². The summed E-state index contributed by atoms with van der Waals surface area (Å²) in [4.78, 5) is 9.46. The van der Waals surface area contributed by atoms with Crippen molar-refractivity contribution in [2.45, 2.75) is 25.7 Å². The Morgan fingerprint density at radius 2 is 2.11 bits per heavy atom. The summed E-state index contributed by atoms with van der Waals surface area (Å²) in [5.74, 6) is 0. The number of rotatable bonds is 4. The first-order valence-electron chi connectivity index (χ1n) is 5.13. The van der Waals surface area contributed by atoms with E-state index >= 15 is 0 Å². The molecule has 1 rings (SSSR count). The minimum absolute atomic E-state index is 0.0993. The fourth-order valence-electron chi connectivity index (χ4n) is 1.33. The number of nitro benzene ring substituents is 1. The van der Waals surface area contributed by atoms with Crippen molar-refractivity contribution in [3.8, 4) is 0 Å². The van der Waals surface area contributed by atoms with Crippen LogP contribution in [0.3, 0.4) is 0 Å². The van der Waals surface area contributed by atoms with Gasteiger partial charge in [0.15, 0.2) is 0 Å². The summed E-state index contributed by atoms with van der Waals surface area (Å²) in [7, 11) is 0. The van der Waals surface area contributed by atoms with Crippen LogP contribution in [0.15, 0.2) is 18.2 Å². The standard InChI is InChI=1S/C10H12F3N3O2/c1-2-9(14)15-6-3-4-8(16(17)18)7(5-6)10(11,12)13/h3-5,9,15H,2,14H2,1H3. The van der Waals surface area contributed by atoms with E-state index in [1.165, 1.54) is 6.07 Å². The number of alkyl halides is 3. The molecule has 5 nitrogen and oxygen atoms in total. The van der Waals surface area contributed by atoms with Crippen LogP contribution in [-0.4, -0.2) is 11.1 Å². The average molecular weight is 263 g/mol. The predicted octanol–water partition coefficient (Wildman–Crippen LogP) is 2.72. The third-order valence-electron chi connectivity index (χ3n) is 2.29. The molecule has 0 saturated heterocycles. The van der Waals surface area contributed by atoms with Gasteiger partial charge in [-0.15, -0.1) is 0 Å². The highest BCUT2D eigenvalue weighted by atomic mass is 19.4. The molecule has 0 saturated carbocycles. The maximum absolute atomic E-state index is 12.6. The fourth-order valence-corrected chi connectivity index (χ4v) is 1.33. The maximum atomic E-state index is 12.6. The van der Waals surface area contributed by atoms with Gasteiger partial charge in [0, 0.05) is 11.8 Å². The highest BCUT2D eigenvalue weighted by Gasteiger charge is 2.38. The molecule has 0 aliphatic rings. The molecule has 0 aliphatic carbocycles. The number of nitrogens with two attached hydrogens (primary N) is 1. The van der Waals surface area contributed by atoms with Gasteiger partial charge >= 0.3 is 6.18 Å². The van der Waals surface area contributed by atoms with Crippen LogP contribution < -0.4 is 11.1 Å². The lowest BCUT2D eigenvalue weighted by atomic mass is 10.1. The van der Waals surface area contributed by atoms with E-state index in [0.29, 0.717) is 12.5 Å². The van der Waals surface area contributed by atoms with E-state index in [1.54, 1.807) is 6.92 Å². The number of benzene rings is 1. The molecule has 0 radical (unpaired) electrons. The summed E-state index contributed by atoms with van der Waals surface area (Å²) >= 11 is 0. The molecule has 1 aromatic carbocycles. The van der Waals surface area contributed by atoms with E-state index < -0.39 is 28.5 Å².